The van der Waals surface area contributed by atoms with Crippen LogP contribution in [0.15, 0.2) is 72.8 Å². The third-order valence-electron chi connectivity index (χ3n) is 5.38. The number of rotatable bonds is 7. The molecule has 1 atom stereocenters. The van der Waals surface area contributed by atoms with Crippen LogP contribution in [0.1, 0.15) is 12.0 Å². The molecule has 1 aliphatic rings. The second-order valence-corrected chi connectivity index (χ2v) is 7.69. The van der Waals surface area contributed by atoms with E-state index in [1.165, 1.54) is 42.3 Å². The van der Waals surface area contributed by atoms with Gasteiger partial charge in [0.05, 0.1) is 19.2 Å². The van der Waals surface area contributed by atoms with Crippen LogP contribution in [-0.4, -0.2) is 35.9 Å². The Morgan fingerprint density at radius 2 is 1.71 bits per heavy atom. The lowest BCUT2D eigenvalue weighted by molar-refractivity contribution is -0.124. The second kappa shape index (κ2) is 9.70. The van der Waals surface area contributed by atoms with Gasteiger partial charge in [0, 0.05) is 12.2 Å². The Morgan fingerprint density at radius 1 is 0.971 bits per heavy atom. The largest absolute Gasteiger partial charge is 0.497 e. The number of amides is 4. The van der Waals surface area contributed by atoms with E-state index in [0.717, 1.165) is 23.1 Å². The summed E-state index contributed by atoms with van der Waals surface area (Å²) in [7, 11) is 1.51. The third-order valence-corrected chi connectivity index (χ3v) is 5.38. The molecule has 0 aromatic heterocycles. The van der Waals surface area contributed by atoms with Crippen LogP contribution in [0.5, 0.6) is 5.75 Å². The van der Waals surface area contributed by atoms with Gasteiger partial charge < -0.3 is 15.0 Å². The van der Waals surface area contributed by atoms with Gasteiger partial charge in [-0.25, -0.2) is 18.5 Å². The van der Waals surface area contributed by atoms with Crippen LogP contribution in [0.3, 0.4) is 0 Å². The lowest BCUT2D eigenvalue weighted by Gasteiger charge is -2.22. The average Bonchev–Trinajstić information content (AvgIpc) is 3.04. The molecule has 0 unspecified atom stereocenters. The summed E-state index contributed by atoms with van der Waals surface area (Å²) in [5, 5.41) is 2.55. The number of benzene rings is 3. The van der Waals surface area contributed by atoms with E-state index in [1.54, 1.807) is 24.3 Å². The summed E-state index contributed by atoms with van der Waals surface area (Å²) in [5.74, 6) is -1.64. The van der Waals surface area contributed by atoms with Gasteiger partial charge >= 0.3 is 6.03 Å². The number of ether oxygens (including phenoxy) is 1. The molecule has 4 rings (SSSR count). The number of hydrogen-bond donors (Lipinski definition) is 1. The van der Waals surface area contributed by atoms with E-state index in [4.69, 9.17) is 4.74 Å². The number of nitrogens with zero attached hydrogens (tertiary/aromatic N) is 2. The summed E-state index contributed by atoms with van der Waals surface area (Å²) in [6, 6.07) is 15.5. The summed E-state index contributed by atoms with van der Waals surface area (Å²) in [5.41, 5.74) is 1.12. The topological polar surface area (TPSA) is 79.0 Å². The molecule has 0 spiro atoms. The third kappa shape index (κ3) is 4.88. The van der Waals surface area contributed by atoms with Gasteiger partial charge in [-0.05, 0) is 60.2 Å². The fraction of sp³-hybridized carbons (Fsp3) is 0.160. The zero-order valence-corrected chi connectivity index (χ0v) is 18.2. The van der Waals surface area contributed by atoms with Gasteiger partial charge in [-0.2, -0.15) is 0 Å². The number of imide groups is 1. The van der Waals surface area contributed by atoms with E-state index in [9.17, 15) is 23.2 Å². The van der Waals surface area contributed by atoms with Gasteiger partial charge in [0.25, 0.3) is 5.91 Å². The monoisotopic (exact) mass is 465 g/mol. The van der Waals surface area contributed by atoms with E-state index in [2.05, 4.69) is 5.32 Å². The smallest absolute Gasteiger partial charge is 0.332 e. The van der Waals surface area contributed by atoms with Crippen LogP contribution in [0.25, 0.3) is 0 Å². The first-order valence-electron chi connectivity index (χ1n) is 10.4. The van der Waals surface area contributed by atoms with Crippen molar-refractivity contribution in [1.82, 2.24) is 4.90 Å². The highest BCUT2D eigenvalue weighted by Crippen LogP contribution is 2.29. The molecule has 7 nitrogen and oxygen atoms in total. The molecule has 34 heavy (non-hydrogen) atoms. The molecule has 1 aliphatic heterocycles. The maximum Gasteiger partial charge on any atom is 0.332 e. The van der Waals surface area contributed by atoms with Crippen molar-refractivity contribution in [1.29, 1.82) is 0 Å². The summed E-state index contributed by atoms with van der Waals surface area (Å²) >= 11 is 0. The van der Waals surface area contributed by atoms with Gasteiger partial charge in [0.2, 0.25) is 5.91 Å². The van der Waals surface area contributed by atoms with E-state index in [0.29, 0.717) is 11.3 Å². The minimum atomic E-state index is -1.11. The standard InChI is InChI=1S/C25H21F2N3O4/c1-34-21-7-2-4-16(12-21)15-29-22(14-23(31)28-19-6-3-5-18(27)13-19)24(32)30(25(29)33)20-10-8-17(26)9-11-20/h2-13,22H,14-15H2,1H3,(H,28,31)/t22-/m1/s1. The number of hydrogen-bond acceptors (Lipinski definition) is 4. The predicted octanol–water partition coefficient (Wildman–Crippen LogP) is 4.34. The molecule has 0 radical (unpaired) electrons. The molecule has 1 saturated heterocycles. The summed E-state index contributed by atoms with van der Waals surface area (Å²) in [4.78, 5) is 41.5. The lowest BCUT2D eigenvalue weighted by atomic mass is 10.1. The van der Waals surface area contributed by atoms with E-state index in [1.807, 2.05) is 0 Å². The molecule has 0 saturated carbocycles. The first kappa shape index (κ1) is 22.9. The summed E-state index contributed by atoms with van der Waals surface area (Å²) < 4.78 is 32.1. The molecule has 174 valence electrons. The molecule has 3 aromatic rings. The van der Waals surface area contributed by atoms with Crippen LogP contribution in [0, 0.1) is 11.6 Å². The first-order chi connectivity index (χ1) is 16.4. The Kier molecular flexibility index (Phi) is 6.53. The Morgan fingerprint density at radius 3 is 2.41 bits per heavy atom. The Labute approximate surface area is 194 Å². The van der Waals surface area contributed by atoms with Crippen molar-refractivity contribution in [2.24, 2.45) is 0 Å². The highest BCUT2D eigenvalue weighted by molar-refractivity contribution is 6.22. The number of halogens is 2. The number of methoxy groups -OCH3 is 1. The van der Waals surface area contributed by atoms with E-state index in [-0.39, 0.29) is 24.3 Å². The molecular formula is C25H21F2N3O4. The minimum absolute atomic E-state index is 0.0391. The van der Waals surface area contributed by atoms with Gasteiger partial charge in [-0.1, -0.05) is 18.2 Å². The zero-order valence-electron chi connectivity index (χ0n) is 18.2. The van der Waals surface area contributed by atoms with Gasteiger partial charge in [0.15, 0.2) is 0 Å². The molecule has 1 fully saturated rings. The predicted molar refractivity (Wildman–Crippen MR) is 121 cm³/mol. The average molecular weight is 465 g/mol. The van der Waals surface area contributed by atoms with Crippen molar-refractivity contribution >= 4 is 29.2 Å². The van der Waals surface area contributed by atoms with Crippen molar-refractivity contribution in [3.8, 4) is 5.75 Å². The van der Waals surface area contributed by atoms with Crippen LogP contribution in [-0.2, 0) is 16.1 Å². The Hall–Kier alpha value is -4.27. The SMILES string of the molecule is COc1cccc(CN2C(=O)N(c3ccc(F)cc3)C(=O)[C@H]2CC(=O)Nc2cccc(F)c2)c1. The maximum absolute atomic E-state index is 13.5. The molecule has 3 aromatic carbocycles. The maximum atomic E-state index is 13.5. The molecule has 0 bridgehead atoms. The van der Waals surface area contributed by atoms with Crippen molar-refractivity contribution < 1.29 is 27.9 Å². The van der Waals surface area contributed by atoms with Crippen molar-refractivity contribution in [3.05, 3.63) is 90.0 Å². The number of urea groups is 1. The van der Waals surface area contributed by atoms with E-state index < -0.39 is 35.5 Å². The normalized spacial score (nSPS) is 15.6. The lowest BCUT2D eigenvalue weighted by Crippen LogP contribution is -2.37. The quantitative estimate of drug-likeness (QED) is 0.527. The minimum Gasteiger partial charge on any atom is -0.497 e. The molecule has 9 heteroatoms. The van der Waals surface area contributed by atoms with Crippen molar-refractivity contribution in [3.63, 3.8) is 0 Å². The molecule has 4 amide bonds. The Balaban J connectivity index is 1.61. The number of carbonyl (C=O) groups is 3. The first-order valence-corrected chi connectivity index (χ1v) is 10.4. The molecule has 0 aliphatic carbocycles. The highest BCUT2D eigenvalue weighted by Gasteiger charge is 2.46. The van der Waals surface area contributed by atoms with Gasteiger partial charge in [-0.3, -0.25) is 9.59 Å². The summed E-state index contributed by atoms with van der Waals surface area (Å²) in [6.45, 7) is 0.0391. The Bertz CT molecular complexity index is 1230. The second-order valence-electron chi connectivity index (χ2n) is 7.69. The van der Waals surface area contributed by atoms with Crippen LogP contribution in [0.2, 0.25) is 0 Å². The summed E-state index contributed by atoms with van der Waals surface area (Å²) in [6.07, 6.45) is -0.344. The van der Waals surface area contributed by atoms with Gasteiger partial charge in [-0.15, -0.1) is 0 Å². The molecular weight excluding hydrogens is 444 g/mol. The number of anilines is 2. The van der Waals surface area contributed by atoms with E-state index >= 15 is 0 Å². The van der Waals surface area contributed by atoms with Crippen molar-refractivity contribution in [2.45, 2.75) is 19.0 Å². The zero-order chi connectivity index (χ0) is 24.2. The fourth-order valence-corrected chi connectivity index (χ4v) is 3.76. The van der Waals surface area contributed by atoms with Gasteiger partial charge in [0.1, 0.15) is 23.4 Å². The fourth-order valence-electron chi connectivity index (χ4n) is 3.76. The molecule has 1 heterocycles. The number of nitrogens with one attached hydrogen (secondary N) is 1. The van der Waals surface area contributed by atoms with Crippen LogP contribution < -0.4 is 15.0 Å². The highest BCUT2D eigenvalue weighted by atomic mass is 19.1. The molecule has 1 N–H and O–H groups in total. The van der Waals surface area contributed by atoms with Crippen LogP contribution >= 0.6 is 0 Å². The van der Waals surface area contributed by atoms with Crippen molar-refractivity contribution in [2.75, 3.05) is 17.3 Å². The van der Waals surface area contributed by atoms with Crippen LogP contribution in [0.4, 0.5) is 25.0 Å². The number of carbonyl (C=O) groups excluding carboxylic acids is 3.